The van der Waals surface area contributed by atoms with Crippen LogP contribution in [0.2, 0.25) is 0 Å². The van der Waals surface area contributed by atoms with Crippen molar-refractivity contribution in [2.75, 3.05) is 18.9 Å². The second kappa shape index (κ2) is 6.67. The molecule has 0 heterocycles. The van der Waals surface area contributed by atoms with Gasteiger partial charge in [0.15, 0.2) is 0 Å². The number of hydrogen-bond acceptors (Lipinski definition) is 4. The fourth-order valence-electron chi connectivity index (χ4n) is 0.448. The van der Waals surface area contributed by atoms with Crippen LogP contribution in [0.25, 0.3) is 0 Å². The lowest BCUT2D eigenvalue weighted by Gasteiger charge is -2.08. The van der Waals surface area contributed by atoms with E-state index in [9.17, 15) is 4.79 Å². The molecule has 3 nitrogen and oxygen atoms in total. The van der Waals surface area contributed by atoms with Crippen LogP contribution in [-0.4, -0.2) is 30.2 Å². The van der Waals surface area contributed by atoms with Crippen molar-refractivity contribution in [3.63, 3.8) is 0 Å². The number of thiol groups is 2. The maximum Gasteiger partial charge on any atom is 0.407 e. The van der Waals surface area contributed by atoms with E-state index in [1.165, 1.54) is 0 Å². The molecule has 0 bridgehead atoms. The number of carbonyl (C=O) groups is 1. The predicted octanol–water partition coefficient (Wildman–Crippen LogP) is 0.961. The molecule has 0 spiro atoms. The first kappa shape index (κ1) is 11.0. The van der Waals surface area contributed by atoms with Gasteiger partial charge in [0.1, 0.15) is 0 Å². The number of carbonyl (C=O) groups excluding carboxylic acids is 1. The van der Waals surface area contributed by atoms with E-state index in [0.717, 1.165) is 0 Å². The van der Waals surface area contributed by atoms with Gasteiger partial charge in [-0.15, -0.1) is 0 Å². The number of nitrogens with one attached hydrogen (secondary N) is 1. The minimum Gasteiger partial charge on any atom is -0.450 e. The zero-order valence-corrected chi connectivity index (χ0v) is 8.20. The highest BCUT2D eigenvalue weighted by molar-refractivity contribution is 7.84. The highest BCUT2D eigenvalue weighted by atomic mass is 32.1. The molecule has 0 aliphatic rings. The Kier molecular flexibility index (Phi) is 6.65. The van der Waals surface area contributed by atoms with Crippen LogP contribution in [0, 0.1) is 0 Å². The lowest BCUT2D eigenvalue weighted by Crippen LogP contribution is -2.30. The van der Waals surface area contributed by atoms with E-state index in [1.807, 2.05) is 0 Å². The van der Waals surface area contributed by atoms with Crippen LogP contribution in [-0.2, 0) is 4.74 Å². The van der Waals surface area contributed by atoms with Gasteiger partial charge in [-0.2, -0.15) is 25.3 Å². The van der Waals surface area contributed by atoms with Crippen LogP contribution in [0.3, 0.4) is 0 Å². The third-order valence-corrected chi connectivity index (χ3v) is 2.06. The number of rotatable bonds is 4. The maximum atomic E-state index is 10.7. The molecule has 1 atom stereocenters. The molecule has 0 saturated carbocycles. The molecule has 0 radical (unpaired) electrons. The van der Waals surface area contributed by atoms with Gasteiger partial charge in [0.25, 0.3) is 0 Å². The number of amides is 1. The van der Waals surface area contributed by atoms with E-state index >= 15 is 0 Å². The minimum absolute atomic E-state index is 0.0859. The molecule has 1 amide bonds. The van der Waals surface area contributed by atoms with Crippen molar-refractivity contribution in [3.8, 4) is 0 Å². The summed E-state index contributed by atoms with van der Waals surface area (Å²) >= 11 is 8.13. The van der Waals surface area contributed by atoms with E-state index in [-0.39, 0.29) is 5.25 Å². The van der Waals surface area contributed by atoms with E-state index in [4.69, 9.17) is 0 Å². The fourth-order valence-corrected chi connectivity index (χ4v) is 0.668. The Morgan fingerprint density at radius 1 is 1.73 bits per heavy atom. The van der Waals surface area contributed by atoms with Gasteiger partial charge in [-0.1, -0.05) is 0 Å². The molecule has 0 fully saturated rings. The molecule has 0 saturated heterocycles. The number of alkyl carbamates (subject to hydrolysis) is 1. The Balaban J connectivity index is 3.30. The van der Waals surface area contributed by atoms with Crippen molar-refractivity contribution in [2.45, 2.75) is 12.2 Å². The van der Waals surface area contributed by atoms with Crippen molar-refractivity contribution in [1.29, 1.82) is 0 Å². The quantitative estimate of drug-likeness (QED) is 0.585. The summed E-state index contributed by atoms with van der Waals surface area (Å²) in [5, 5.41) is 2.63. The largest absolute Gasteiger partial charge is 0.450 e. The summed E-state index contributed by atoms with van der Waals surface area (Å²) in [6.07, 6.45) is -0.395. The van der Waals surface area contributed by atoms with Crippen molar-refractivity contribution >= 4 is 31.4 Å². The molecule has 5 heteroatoms. The van der Waals surface area contributed by atoms with Crippen LogP contribution in [0.15, 0.2) is 0 Å². The normalized spacial score (nSPS) is 12.3. The second-order valence-electron chi connectivity index (χ2n) is 1.94. The molecule has 0 aromatic heterocycles. The van der Waals surface area contributed by atoms with Crippen LogP contribution in [0.4, 0.5) is 4.79 Å². The molecule has 1 N–H and O–H groups in total. The van der Waals surface area contributed by atoms with E-state index in [2.05, 4.69) is 35.3 Å². The van der Waals surface area contributed by atoms with E-state index < -0.39 is 6.09 Å². The molecule has 11 heavy (non-hydrogen) atoms. The Morgan fingerprint density at radius 2 is 2.36 bits per heavy atom. The lowest BCUT2D eigenvalue weighted by atomic mass is 10.5. The smallest absolute Gasteiger partial charge is 0.407 e. The lowest BCUT2D eigenvalue weighted by molar-refractivity contribution is 0.152. The van der Waals surface area contributed by atoms with Gasteiger partial charge < -0.3 is 10.1 Å². The topological polar surface area (TPSA) is 38.3 Å². The van der Waals surface area contributed by atoms with Crippen molar-refractivity contribution in [2.24, 2.45) is 0 Å². The monoisotopic (exact) mass is 195 g/mol. The van der Waals surface area contributed by atoms with E-state index in [0.29, 0.717) is 18.9 Å². The molecule has 0 aromatic carbocycles. The molecule has 0 rings (SSSR count). The van der Waals surface area contributed by atoms with Crippen LogP contribution in [0.1, 0.15) is 6.92 Å². The number of hydrogen-bond donors (Lipinski definition) is 3. The molecule has 66 valence electrons. The molecule has 0 aliphatic carbocycles. The number of ether oxygens (including phenoxy) is 1. The zero-order chi connectivity index (χ0) is 8.69. The zero-order valence-electron chi connectivity index (χ0n) is 6.41. The van der Waals surface area contributed by atoms with Gasteiger partial charge >= 0.3 is 6.09 Å². The van der Waals surface area contributed by atoms with Crippen molar-refractivity contribution < 1.29 is 9.53 Å². The van der Waals surface area contributed by atoms with Gasteiger partial charge in [0.05, 0.1) is 6.61 Å². The summed E-state index contributed by atoms with van der Waals surface area (Å²) in [6.45, 7) is 2.64. The molecular weight excluding hydrogens is 182 g/mol. The Morgan fingerprint density at radius 3 is 2.82 bits per heavy atom. The van der Waals surface area contributed by atoms with Gasteiger partial charge in [0, 0.05) is 17.5 Å². The van der Waals surface area contributed by atoms with Gasteiger partial charge in [0.2, 0.25) is 0 Å². The Labute approximate surface area is 77.7 Å². The average molecular weight is 195 g/mol. The van der Waals surface area contributed by atoms with Gasteiger partial charge in [-0.25, -0.2) is 4.79 Å². The SMILES string of the molecule is CCOC(=O)NCC(S)CS. The van der Waals surface area contributed by atoms with Crippen LogP contribution >= 0.6 is 25.3 Å². The van der Waals surface area contributed by atoms with Crippen LogP contribution < -0.4 is 5.32 Å². The summed E-state index contributed by atoms with van der Waals surface area (Å²) in [4.78, 5) is 10.7. The summed E-state index contributed by atoms with van der Waals surface area (Å²) in [5.41, 5.74) is 0. The van der Waals surface area contributed by atoms with E-state index in [1.54, 1.807) is 6.92 Å². The van der Waals surface area contributed by atoms with Crippen LogP contribution in [0.5, 0.6) is 0 Å². The average Bonchev–Trinajstić information content (AvgIpc) is 2.01. The Bertz CT molecular complexity index is 121. The summed E-state index contributed by atoms with van der Waals surface area (Å²) in [6, 6.07) is 0. The first-order valence-corrected chi connectivity index (χ1v) is 4.55. The van der Waals surface area contributed by atoms with Crippen molar-refractivity contribution in [3.05, 3.63) is 0 Å². The minimum atomic E-state index is -0.395. The summed E-state index contributed by atoms with van der Waals surface area (Å²) in [7, 11) is 0. The highest BCUT2D eigenvalue weighted by Crippen LogP contribution is 1.94. The molecule has 0 aliphatic heterocycles. The first-order chi connectivity index (χ1) is 5.20. The second-order valence-corrected chi connectivity index (χ2v) is 3.03. The Hall–Kier alpha value is -0.0300. The standard InChI is InChI=1S/C6H13NO2S2/c1-2-9-6(8)7-3-5(11)4-10/h5,10-11H,2-4H2,1H3,(H,7,8). The third-order valence-electron chi connectivity index (χ3n) is 0.968. The third kappa shape index (κ3) is 6.37. The van der Waals surface area contributed by atoms with Gasteiger partial charge in [-0.3, -0.25) is 0 Å². The van der Waals surface area contributed by atoms with Gasteiger partial charge in [-0.05, 0) is 6.92 Å². The predicted molar refractivity (Wildman–Crippen MR) is 51.7 cm³/mol. The first-order valence-electron chi connectivity index (χ1n) is 3.40. The van der Waals surface area contributed by atoms with Crippen molar-refractivity contribution in [1.82, 2.24) is 5.32 Å². The molecular formula is C6H13NO2S2. The molecule has 0 aromatic rings. The highest BCUT2D eigenvalue weighted by Gasteiger charge is 2.03. The maximum absolute atomic E-state index is 10.7. The summed E-state index contributed by atoms with van der Waals surface area (Å²) < 4.78 is 4.63. The summed E-state index contributed by atoms with van der Waals surface area (Å²) in [5.74, 6) is 0.634. The fraction of sp³-hybridized carbons (Fsp3) is 0.833. The molecule has 1 unspecified atom stereocenters.